The molecule has 0 saturated heterocycles. The topological polar surface area (TPSA) is 47.6 Å². The summed E-state index contributed by atoms with van der Waals surface area (Å²) in [4.78, 5) is 11.9. The van der Waals surface area contributed by atoms with Crippen molar-refractivity contribution in [3.63, 3.8) is 0 Å². The van der Waals surface area contributed by atoms with Gasteiger partial charge in [-0.15, -0.1) is 0 Å². The van der Waals surface area contributed by atoms with Gasteiger partial charge < -0.3 is 14.8 Å². The number of hydrogen-bond donors (Lipinski definition) is 1. The van der Waals surface area contributed by atoms with Crippen molar-refractivity contribution >= 4 is 17.5 Å². The molecule has 2 rings (SSSR count). The Morgan fingerprint density at radius 2 is 1.91 bits per heavy atom. The molecule has 1 amide bonds. The second kappa shape index (κ2) is 6.66. The summed E-state index contributed by atoms with van der Waals surface area (Å²) >= 11 is 5.79. The molecular formula is C16H15ClFNO3. The van der Waals surface area contributed by atoms with E-state index < -0.39 is 11.7 Å². The van der Waals surface area contributed by atoms with Crippen LogP contribution in [0.4, 0.5) is 4.39 Å². The van der Waals surface area contributed by atoms with Gasteiger partial charge in [-0.05, 0) is 31.2 Å². The first-order valence-corrected chi connectivity index (χ1v) is 6.89. The minimum atomic E-state index is -0.787. The van der Waals surface area contributed by atoms with Crippen LogP contribution in [0.15, 0.2) is 30.3 Å². The second-order valence-electron chi connectivity index (χ2n) is 4.50. The highest BCUT2D eigenvalue weighted by Gasteiger charge is 2.20. The van der Waals surface area contributed by atoms with E-state index in [-0.39, 0.29) is 16.3 Å². The molecule has 0 aliphatic heterocycles. The van der Waals surface area contributed by atoms with Gasteiger partial charge in [0, 0.05) is 12.6 Å². The summed E-state index contributed by atoms with van der Waals surface area (Å²) in [5, 5.41) is 2.32. The number of rotatable bonds is 4. The molecule has 0 unspecified atom stereocenters. The molecule has 2 aromatic carbocycles. The van der Waals surface area contributed by atoms with Crippen LogP contribution in [0.1, 0.15) is 15.9 Å². The van der Waals surface area contributed by atoms with Crippen molar-refractivity contribution in [1.82, 2.24) is 5.32 Å². The number of ether oxygens (including phenoxy) is 2. The Morgan fingerprint density at radius 3 is 2.55 bits per heavy atom. The molecule has 6 heteroatoms. The van der Waals surface area contributed by atoms with E-state index >= 15 is 0 Å². The highest BCUT2D eigenvalue weighted by atomic mass is 35.5. The molecule has 0 aromatic heterocycles. The predicted molar refractivity (Wildman–Crippen MR) is 82.6 cm³/mol. The molecular weight excluding hydrogens is 309 g/mol. The van der Waals surface area contributed by atoms with Crippen LogP contribution >= 0.6 is 11.6 Å². The van der Waals surface area contributed by atoms with Gasteiger partial charge in [0.25, 0.3) is 5.91 Å². The molecule has 0 radical (unpaired) electrons. The summed E-state index contributed by atoms with van der Waals surface area (Å²) in [5.41, 5.74) is 0.749. The quantitative estimate of drug-likeness (QED) is 0.926. The zero-order valence-corrected chi connectivity index (χ0v) is 13.1. The zero-order valence-electron chi connectivity index (χ0n) is 12.4. The summed E-state index contributed by atoms with van der Waals surface area (Å²) in [7, 11) is 2.98. The van der Waals surface area contributed by atoms with Crippen LogP contribution in [0.3, 0.4) is 0 Å². The first-order chi connectivity index (χ1) is 10.5. The largest absolute Gasteiger partial charge is 0.496 e. The normalized spacial score (nSPS) is 10.2. The van der Waals surface area contributed by atoms with Crippen molar-refractivity contribution in [2.75, 3.05) is 14.2 Å². The van der Waals surface area contributed by atoms with Crippen LogP contribution in [-0.2, 0) is 0 Å². The second-order valence-corrected chi connectivity index (χ2v) is 4.91. The SMILES string of the molecule is CNC(=O)c1ccc(Cl)c(F)c1Oc1cccc(OC)c1C. The number of carbonyl (C=O) groups excluding carboxylic acids is 1. The van der Waals surface area contributed by atoms with Crippen molar-refractivity contribution in [2.45, 2.75) is 6.92 Å². The Balaban J connectivity index is 2.53. The highest BCUT2D eigenvalue weighted by molar-refractivity contribution is 6.31. The fourth-order valence-electron chi connectivity index (χ4n) is 1.98. The van der Waals surface area contributed by atoms with Crippen LogP contribution in [0.2, 0.25) is 5.02 Å². The van der Waals surface area contributed by atoms with E-state index in [0.717, 1.165) is 0 Å². The van der Waals surface area contributed by atoms with Gasteiger partial charge in [0.15, 0.2) is 11.6 Å². The zero-order chi connectivity index (χ0) is 16.3. The van der Waals surface area contributed by atoms with Crippen molar-refractivity contribution in [3.05, 3.63) is 52.3 Å². The molecule has 0 bridgehead atoms. The van der Waals surface area contributed by atoms with Crippen LogP contribution in [0, 0.1) is 12.7 Å². The third kappa shape index (κ3) is 2.99. The fraction of sp³-hybridized carbons (Fsp3) is 0.188. The molecule has 0 atom stereocenters. The lowest BCUT2D eigenvalue weighted by Crippen LogP contribution is -2.19. The average Bonchev–Trinajstić information content (AvgIpc) is 2.53. The first kappa shape index (κ1) is 16.1. The van der Waals surface area contributed by atoms with Crippen LogP contribution in [0.5, 0.6) is 17.2 Å². The predicted octanol–water partition coefficient (Wildman–Crippen LogP) is 3.95. The van der Waals surface area contributed by atoms with Gasteiger partial charge in [-0.25, -0.2) is 4.39 Å². The minimum absolute atomic E-state index is 0.0617. The summed E-state index contributed by atoms with van der Waals surface area (Å²) in [6.07, 6.45) is 0. The molecule has 0 aliphatic rings. The Morgan fingerprint density at radius 1 is 1.23 bits per heavy atom. The Hall–Kier alpha value is -2.27. The molecule has 4 nitrogen and oxygen atoms in total. The molecule has 0 aliphatic carbocycles. The van der Waals surface area contributed by atoms with Crippen molar-refractivity contribution in [3.8, 4) is 17.2 Å². The van der Waals surface area contributed by atoms with E-state index in [9.17, 15) is 9.18 Å². The van der Waals surface area contributed by atoms with Crippen LogP contribution in [0.25, 0.3) is 0 Å². The van der Waals surface area contributed by atoms with Crippen LogP contribution in [-0.4, -0.2) is 20.1 Å². The number of carbonyl (C=O) groups is 1. The number of nitrogens with one attached hydrogen (secondary N) is 1. The molecule has 116 valence electrons. The Bertz CT molecular complexity index is 719. The molecule has 1 N–H and O–H groups in total. The van der Waals surface area contributed by atoms with Gasteiger partial charge in [-0.2, -0.15) is 0 Å². The van der Waals surface area contributed by atoms with E-state index in [2.05, 4.69) is 5.32 Å². The fourth-order valence-corrected chi connectivity index (χ4v) is 2.13. The molecule has 0 heterocycles. The van der Waals surface area contributed by atoms with E-state index in [4.69, 9.17) is 21.1 Å². The van der Waals surface area contributed by atoms with E-state index in [1.54, 1.807) is 25.1 Å². The molecule has 22 heavy (non-hydrogen) atoms. The number of halogens is 2. The molecule has 0 fully saturated rings. The standard InChI is InChI=1S/C16H15ClFNO3/c1-9-12(21-3)5-4-6-13(9)22-15-10(16(20)19-2)7-8-11(17)14(15)18/h4-8H,1-3H3,(H,19,20). The Kier molecular flexibility index (Phi) is 4.88. The smallest absolute Gasteiger partial charge is 0.254 e. The number of amides is 1. The van der Waals surface area contributed by atoms with Crippen molar-refractivity contribution in [1.29, 1.82) is 0 Å². The maximum Gasteiger partial charge on any atom is 0.254 e. The minimum Gasteiger partial charge on any atom is -0.496 e. The summed E-state index contributed by atoms with van der Waals surface area (Å²) in [6, 6.07) is 7.85. The first-order valence-electron chi connectivity index (χ1n) is 6.51. The lowest BCUT2D eigenvalue weighted by molar-refractivity contribution is 0.0960. The van der Waals surface area contributed by atoms with Crippen LogP contribution < -0.4 is 14.8 Å². The summed E-state index contributed by atoms with van der Waals surface area (Å²) in [6.45, 7) is 1.77. The Labute approximate surface area is 132 Å². The van der Waals surface area contributed by atoms with E-state index in [1.165, 1.54) is 26.3 Å². The summed E-state index contributed by atoms with van der Waals surface area (Å²) in [5.74, 6) is -0.494. The number of methoxy groups -OCH3 is 1. The third-order valence-corrected chi connectivity index (χ3v) is 3.48. The van der Waals surface area contributed by atoms with Gasteiger partial charge in [-0.3, -0.25) is 4.79 Å². The van der Waals surface area contributed by atoms with Gasteiger partial charge >= 0.3 is 0 Å². The third-order valence-electron chi connectivity index (χ3n) is 3.19. The van der Waals surface area contributed by atoms with Crippen molar-refractivity contribution in [2.24, 2.45) is 0 Å². The van der Waals surface area contributed by atoms with E-state index in [0.29, 0.717) is 17.1 Å². The van der Waals surface area contributed by atoms with Gasteiger partial charge in [-0.1, -0.05) is 17.7 Å². The number of hydrogen-bond acceptors (Lipinski definition) is 3. The average molecular weight is 324 g/mol. The highest BCUT2D eigenvalue weighted by Crippen LogP contribution is 2.36. The van der Waals surface area contributed by atoms with E-state index in [1.807, 2.05) is 0 Å². The van der Waals surface area contributed by atoms with Gasteiger partial charge in [0.1, 0.15) is 11.5 Å². The maximum absolute atomic E-state index is 14.3. The van der Waals surface area contributed by atoms with Gasteiger partial charge in [0.05, 0.1) is 17.7 Å². The molecule has 0 spiro atoms. The maximum atomic E-state index is 14.3. The molecule has 2 aromatic rings. The lowest BCUT2D eigenvalue weighted by Gasteiger charge is -2.15. The number of benzene rings is 2. The lowest BCUT2D eigenvalue weighted by atomic mass is 10.1. The van der Waals surface area contributed by atoms with Crippen molar-refractivity contribution < 1.29 is 18.7 Å². The monoisotopic (exact) mass is 323 g/mol. The summed E-state index contributed by atoms with van der Waals surface area (Å²) < 4.78 is 25.1. The molecule has 0 saturated carbocycles. The van der Waals surface area contributed by atoms with Gasteiger partial charge in [0.2, 0.25) is 0 Å².